The number of imide groups is 1. The monoisotopic (exact) mass is 368 g/mol. The van der Waals surface area contributed by atoms with Crippen LogP contribution in [0.3, 0.4) is 0 Å². The minimum absolute atomic E-state index is 0.218. The highest BCUT2D eigenvalue weighted by Crippen LogP contribution is 2.32. The molecule has 1 aromatic heterocycles. The van der Waals surface area contributed by atoms with E-state index in [0.717, 1.165) is 34.6 Å². The van der Waals surface area contributed by atoms with E-state index in [4.69, 9.17) is 0 Å². The molecule has 26 heavy (non-hydrogen) atoms. The number of benzene rings is 1. The van der Waals surface area contributed by atoms with Gasteiger partial charge in [0.15, 0.2) is 5.78 Å². The van der Waals surface area contributed by atoms with Crippen LogP contribution in [0.2, 0.25) is 0 Å². The highest BCUT2D eigenvalue weighted by molar-refractivity contribution is 7.14. The van der Waals surface area contributed by atoms with Gasteiger partial charge in [-0.3, -0.25) is 14.5 Å². The largest absolute Gasteiger partial charge is 0.325 e. The molecule has 0 unspecified atom stereocenters. The van der Waals surface area contributed by atoms with Gasteiger partial charge in [0.25, 0.3) is 5.91 Å². The van der Waals surface area contributed by atoms with E-state index in [9.17, 15) is 14.4 Å². The predicted molar refractivity (Wildman–Crippen MR) is 99.5 cm³/mol. The molecule has 0 spiro atoms. The molecule has 0 bridgehead atoms. The molecular weight excluding hydrogens is 348 g/mol. The van der Waals surface area contributed by atoms with Crippen LogP contribution >= 0.6 is 11.3 Å². The van der Waals surface area contributed by atoms with Crippen molar-refractivity contribution in [2.75, 3.05) is 6.54 Å². The zero-order chi connectivity index (χ0) is 18.5. The SMILES string of the molecule is Cc1ccc(C(=O)CN2C(=O)N[C@@](C)(c3ccc4c(c3)CCC4)C2=O)s1. The summed E-state index contributed by atoms with van der Waals surface area (Å²) in [4.78, 5) is 40.5. The molecule has 6 heteroatoms. The summed E-state index contributed by atoms with van der Waals surface area (Å²) in [5.41, 5.74) is 2.21. The minimum atomic E-state index is -1.12. The average molecular weight is 368 g/mol. The van der Waals surface area contributed by atoms with Crippen LogP contribution in [0.15, 0.2) is 30.3 Å². The van der Waals surface area contributed by atoms with Crippen LogP contribution in [-0.2, 0) is 23.2 Å². The number of hydrogen-bond donors (Lipinski definition) is 1. The maximum absolute atomic E-state index is 13.0. The van der Waals surface area contributed by atoms with E-state index in [1.807, 2.05) is 31.2 Å². The van der Waals surface area contributed by atoms with Gasteiger partial charge in [0.2, 0.25) is 0 Å². The number of ketones is 1. The van der Waals surface area contributed by atoms with Crippen molar-refractivity contribution in [1.82, 2.24) is 10.2 Å². The Bertz CT molecular complexity index is 933. The van der Waals surface area contributed by atoms with Crippen molar-refractivity contribution in [1.29, 1.82) is 0 Å². The van der Waals surface area contributed by atoms with Crippen molar-refractivity contribution in [2.24, 2.45) is 0 Å². The molecule has 134 valence electrons. The number of fused-ring (bicyclic) bond motifs is 1. The van der Waals surface area contributed by atoms with Gasteiger partial charge in [0.05, 0.1) is 11.4 Å². The first-order valence-corrected chi connectivity index (χ1v) is 9.56. The van der Waals surface area contributed by atoms with Gasteiger partial charge in [-0.05, 0) is 61.9 Å². The first-order chi connectivity index (χ1) is 12.4. The molecular formula is C20H20N2O3S. The van der Waals surface area contributed by atoms with Crippen molar-refractivity contribution in [3.05, 3.63) is 56.8 Å². The molecule has 4 rings (SSSR count). The van der Waals surface area contributed by atoms with Crippen LogP contribution in [0.4, 0.5) is 4.79 Å². The van der Waals surface area contributed by atoms with Crippen molar-refractivity contribution in [3.63, 3.8) is 0 Å². The van der Waals surface area contributed by atoms with E-state index in [1.54, 1.807) is 13.0 Å². The van der Waals surface area contributed by atoms with Gasteiger partial charge in [-0.15, -0.1) is 11.3 Å². The number of carbonyl (C=O) groups is 3. The van der Waals surface area contributed by atoms with E-state index in [1.165, 1.54) is 22.5 Å². The number of nitrogens with zero attached hydrogens (tertiary/aromatic N) is 1. The predicted octanol–water partition coefficient (Wildman–Crippen LogP) is 3.20. The molecule has 2 aliphatic rings. The molecule has 0 radical (unpaired) electrons. The summed E-state index contributed by atoms with van der Waals surface area (Å²) in [5.74, 6) is -0.591. The fraction of sp³-hybridized carbons (Fsp3) is 0.350. The van der Waals surface area contributed by atoms with Crippen LogP contribution in [-0.4, -0.2) is 29.2 Å². The Morgan fingerprint density at radius 1 is 1.19 bits per heavy atom. The van der Waals surface area contributed by atoms with E-state index in [0.29, 0.717) is 4.88 Å². The van der Waals surface area contributed by atoms with E-state index < -0.39 is 11.6 Å². The second-order valence-corrected chi connectivity index (χ2v) is 8.40. The van der Waals surface area contributed by atoms with Crippen LogP contribution in [0, 0.1) is 6.92 Å². The third kappa shape index (κ3) is 2.65. The van der Waals surface area contributed by atoms with Gasteiger partial charge in [0.1, 0.15) is 5.54 Å². The summed E-state index contributed by atoms with van der Waals surface area (Å²) in [6, 6.07) is 9.06. The minimum Gasteiger partial charge on any atom is -0.319 e. The highest BCUT2D eigenvalue weighted by atomic mass is 32.1. The van der Waals surface area contributed by atoms with E-state index >= 15 is 0 Å². The molecule has 1 aliphatic heterocycles. The molecule has 5 nitrogen and oxygen atoms in total. The molecule has 1 aromatic carbocycles. The average Bonchev–Trinajstić information content (AvgIpc) is 3.30. The summed E-state index contributed by atoms with van der Waals surface area (Å²) >= 11 is 1.37. The van der Waals surface area contributed by atoms with Gasteiger partial charge in [-0.25, -0.2) is 4.79 Å². The number of hydrogen-bond acceptors (Lipinski definition) is 4. The zero-order valence-electron chi connectivity index (χ0n) is 14.8. The molecule has 1 atom stereocenters. The van der Waals surface area contributed by atoms with Gasteiger partial charge < -0.3 is 5.32 Å². The number of carbonyl (C=O) groups excluding carboxylic acids is 3. The summed E-state index contributed by atoms with van der Waals surface area (Å²) in [7, 11) is 0. The smallest absolute Gasteiger partial charge is 0.319 e. The van der Waals surface area contributed by atoms with Crippen LogP contribution < -0.4 is 5.32 Å². The van der Waals surface area contributed by atoms with Crippen molar-refractivity contribution < 1.29 is 14.4 Å². The van der Waals surface area contributed by atoms with E-state index in [-0.39, 0.29) is 18.2 Å². The third-order valence-corrected chi connectivity index (χ3v) is 6.31. The first-order valence-electron chi connectivity index (χ1n) is 8.74. The Labute approximate surface area is 156 Å². The number of amides is 3. The summed E-state index contributed by atoms with van der Waals surface area (Å²) in [6.45, 7) is 3.40. The van der Waals surface area contributed by atoms with E-state index in [2.05, 4.69) is 5.32 Å². The topological polar surface area (TPSA) is 66.5 Å². The quantitative estimate of drug-likeness (QED) is 0.666. The Morgan fingerprint density at radius 3 is 2.69 bits per heavy atom. The van der Waals surface area contributed by atoms with Gasteiger partial charge >= 0.3 is 6.03 Å². The van der Waals surface area contributed by atoms with Crippen molar-refractivity contribution >= 4 is 29.1 Å². The zero-order valence-corrected chi connectivity index (χ0v) is 15.6. The summed E-state index contributed by atoms with van der Waals surface area (Å²) in [6.07, 6.45) is 3.19. The number of thiophene rings is 1. The standard InChI is InChI=1S/C20H20N2O3S/c1-12-6-9-17(26-12)16(23)11-22-18(24)20(2,21-19(22)25)15-8-7-13-4-3-5-14(13)10-15/h6-10H,3-5,11H2,1-2H3,(H,21,25)/t20-/m0/s1. The van der Waals surface area contributed by atoms with Crippen LogP contribution in [0.5, 0.6) is 0 Å². The molecule has 1 fully saturated rings. The molecule has 2 aromatic rings. The summed E-state index contributed by atoms with van der Waals surface area (Å²) < 4.78 is 0. The van der Waals surface area contributed by atoms with Crippen LogP contribution in [0.1, 0.15) is 44.6 Å². The fourth-order valence-corrected chi connectivity index (χ4v) is 4.52. The van der Waals surface area contributed by atoms with Crippen molar-refractivity contribution in [2.45, 2.75) is 38.6 Å². The normalized spacial score (nSPS) is 21.8. The molecule has 0 saturated carbocycles. The Balaban J connectivity index is 1.59. The molecule has 3 amide bonds. The van der Waals surface area contributed by atoms with Gasteiger partial charge in [0, 0.05) is 4.88 Å². The Hall–Kier alpha value is -2.47. The maximum Gasteiger partial charge on any atom is 0.325 e. The lowest BCUT2D eigenvalue weighted by Crippen LogP contribution is -2.41. The maximum atomic E-state index is 13.0. The molecule has 1 aliphatic carbocycles. The molecule has 1 N–H and O–H groups in total. The van der Waals surface area contributed by atoms with Crippen molar-refractivity contribution in [3.8, 4) is 0 Å². The first kappa shape index (κ1) is 17.0. The van der Waals surface area contributed by atoms with Gasteiger partial charge in [-0.1, -0.05) is 18.2 Å². The number of aryl methyl sites for hydroxylation is 3. The molecule has 1 saturated heterocycles. The Morgan fingerprint density at radius 2 is 1.96 bits per heavy atom. The second-order valence-electron chi connectivity index (χ2n) is 7.12. The lowest BCUT2D eigenvalue weighted by Gasteiger charge is -2.23. The summed E-state index contributed by atoms with van der Waals surface area (Å²) in [5, 5.41) is 2.79. The molecule has 2 heterocycles. The lowest BCUT2D eigenvalue weighted by atomic mass is 9.89. The van der Waals surface area contributed by atoms with Crippen LogP contribution in [0.25, 0.3) is 0 Å². The highest BCUT2D eigenvalue weighted by Gasteiger charge is 2.49. The number of rotatable bonds is 4. The second kappa shape index (κ2) is 6.06. The third-order valence-electron chi connectivity index (χ3n) is 5.27. The Kier molecular flexibility index (Phi) is 3.95. The fourth-order valence-electron chi connectivity index (χ4n) is 3.72. The lowest BCUT2D eigenvalue weighted by molar-refractivity contribution is -0.130. The number of urea groups is 1. The number of nitrogens with one attached hydrogen (secondary N) is 1. The number of Topliss-reactive ketones (excluding diaryl/α,β-unsaturated/α-hetero) is 1. The van der Waals surface area contributed by atoms with Gasteiger partial charge in [-0.2, -0.15) is 0 Å².